The van der Waals surface area contributed by atoms with Crippen LogP contribution in [0.25, 0.3) is 0 Å². The van der Waals surface area contributed by atoms with Crippen molar-refractivity contribution in [1.29, 1.82) is 0 Å². The number of fused-ring (bicyclic) bond motifs is 1. The van der Waals surface area contributed by atoms with E-state index in [0.717, 1.165) is 65.3 Å². The van der Waals surface area contributed by atoms with Gasteiger partial charge in [-0.05, 0) is 6.42 Å². The van der Waals surface area contributed by atoms with Crippen LogP contribution < -0.4 is 0 Å². The Hall–Kier alpha value is -1.71. The first-order chi connectivity index (χ1) is 12.7. The molecule has 9 heteroatoms. The van der Waals surface area contributed by atoms with Crippen molar-refractivity contribution >= 4 is 6.09 Å². The van der Waals surface area contributed by atoms with Gasteiger partial charge >= 0.3 is 6.09 Å². The Kier molecular flexibility index (Phi) is 5.37. The van der Waals surface area contributed by atoms with E-state index in [9.17, 15) is 4.79 Å². The van der Waals surface area contributed by atoms with Gasteiger partial charge in [-0.1, -0.05) is 12.1 Å². The number of hydrogen-bond acceptors (Lipinski definition) is 8. The summed E-state index contributed by atoms with van der Waals surface area (Å²) in [7, 11) is 0. The molecule has 3 aliphatic rings. The Labute approximate surface area is 153 Å². The fourth-order valence-electron chi connectivity index (χ4n) is 3.95. The summed E-state index contributed by atoms with van der Waals surface area (Å²) in [5.41, 5.74) is 0. The molecule has 3 saturated heterocycles. The van der Waals surface area contributed by atoms with Gasteiger partial charge in [-0.25, -0.2) is 4.79 Å². The Balaban J connectivity index is 1.27. The third-order valence-corrected chi connectivity index (χ3v) is 5.35. The molecule has 26 heavy (non-hydrogen) atoms. The van der Waals surface area contributed by atoms with E-state index < -0.39 is 0 Å². The highest BCUT2D eigenvalue weighted by Gasteiger charge is 2.47. The number of aryl methyl sites for hydroxylation is 1. The zero-order valence-electron chi connectivity index (χ0n) is 15.3. The number of amides is 1. The maximum Gasteiger partial charge on any atom is 0.410 e. The molecular weight excluding hydrogens is 338 g/mol. The van der Waals surface area contributed by atoms with Gasteiger partial charge in [-0.2, -0.15) is 4.98 Å². The average molecular weight is 365 g/mol. The minimum absolute atomic E-state index is 0.0524. The molecule has 2 atom stereocenters. The number of aromatic nitrogens is 2. The van der Waals surface area contributed by atoms with Crippen LogP contribution in [0.5, 0.6) is 0 Å². The van der Waals surface area contributed by atoms with Gasteiger partial charge in [0.1, 0.15) is 6.10 Å². The molecule has 3 aliphatic heterocycles. The Morgan fingerprint density at radius 2 is 2.00 bits per heavy atom. The number of morpholine rings is 1. The standard InChI is InChI=1S/C17H27N5O4/c1-2-16-18-15(19-26-16)12-21-10-13-14(11-21)25-17(23)22(13)5-3-4-20-6-8-24-9-7-20/h13-14H,2-12H2,1H3/t13-,14+/m1/s1. The lowest BCUT2D eigenvalue weighted by Gasteiger charge is -2.28. The van der Waals surface area contributed by atoms with E-state index in [4.69, 9.17) is 14.0 Å². The second-order valence-corrected chi connectivity index (χ2v) is 7.14. The van der Waals surface area contributed by atoms with Crippen molar-refractivity contribution in [3.8, 4) is 0 Å². The summed E-state index contributed by atoms with van der Waals surface area (Å²) in [6.07, 6.45) is 1.48. The molecule has 3 fully saturated rings. The van der Waals surface area contributed by atoms with E-state index >= 15 is 0 Å². The van der Waals surface area contributed by atoms with Crippen molar-refractivity contribution in [3.05, 3.63) is 11.7 Å². The summed E-state index contributed by atoms with van der Waals surface area (Å²) in [5.74, 6) is 1.36. The highest BCUT2D eigenvalue weighted by Crippen LogP contribution is 2.27. The van der Waals surface area contributed by atoms with Crippen molar-refractivity contribution in [3.63, 3.8) is 0 Å². The van der Waals surface area contributed by atoms with Crippen LogP contribution in [-0.4, -0.2) is 95.6 Å². The monoisotopic (exact) mass is 365 g/mol. The third-order valence-electron chi connectivity index (χ3n) is 5.35. The molecule has 0 radical (unpaired) electrons. The highest BCUT2D eigenvalue weighted by atomic mass is 16.6. The van der Waals surface area contributed by atoms with E-state index in [-0.39, 0.29) is 18.2 Å². The fraction of sp³-hybridized carbons (Fsp3) is 0.824. The first-order valence-electron chi connectivity index (χ1n) is 9.54. The molecular formula is C17H27N5O4. The second kappa shape index (κ2) is 7.89. The van der Waals surface area contributed by atoms with Crippen LogP contribution in [0.3, 0.4) is 0 Å². The number of nitrogens with zero attached hydrogens (tertiary/aromatic N) is 5. The molecule has 4 heterocycles. The lowest BCUT2D eigenvalue weighted by atomic mass is 10.2. The third kappa shape index (κ3) is 3.84. The molecule has 0 saturated carbocycles. The summed E-state index contributed by atoms with van der Waals surface area (Å²) in [6, 6.07) is 0.129. The average Bonchev–Trinajstić information content (AvgIpc) is 3.33. The lowest BCUT2D eigenvalue weighted by Crippen LogP contribution is -2.41. The van der Waals surface area contributed by atoms with E-state index in [0.29, 0.717) is 18.3 Å². The van der Waals surface area contributed by atoms with E-state index in [1.165, 1.54) is 0 Å². The molecule has 0 bridgehead atoms. The molecule has 0 unspecified atom stereocenters. The van der Waals surface area contributed by atoms with Crippen molar-refractivity contribution in [2.75, 3.05) is 52.5 Å². The largest absolute Gasteiger partial charge is 0.442 e. The van der Waals surface area contributed by atoms with Crippen LogP contribution in [0, 0.1) is 0 Å². The first kappa shape index (κ1) is 17.7. The molecule has 4 rings (SSSR count). The van der Waals surface area contributed by atoms with Crippen molar-refractivity contribution in [2.24, 2.45) is 0 Å². The molecule has 1 amide bonds. The minimum Gasteiger partial charge on any atom is -0.442 e. The molecule has 0 aliphatic carbocycles. The Morgan fingerprint density at radius 1 is 1.15 bits per heavy atom. The minimum atomic E-state index is -0.172. The summed E-state index contributed by atoms with van der Waals surface area (Å²) in [5, 5.41) is 4.01. The number of carbonyl (C=O) groups is 1. The number of ether oxygens (including phenoxy) is 2. The zero-order valence-corrected chi connectivity index (χ0v) is 15.3. The number of hydrogen-bond donors (Lipinski definition) is 0. The first-order valence-corrected chi connectivity index (χ1v) is 9.54. The van der Waals surface area contributed by atoms with Gasteiger partial charge in [0.05, 0.1) is 25.8 Å². The predicted molar refractivity (Wildman–Crippen MR) is 91.6 cm³/mol. The van der Waals surface area contributed by atoms with Gasteiger partial charge < -0.3 is 18.9 Å². The smallest absolute Gasteiger partial charge is 0.410 e. The van der Waals surface area contributed by atoms with E-state index in [1.807, 2.05) is 11.8 Å². The normalized spacial score (nSPS) is 27.1. The van der Waals surface area contributed by atoms with Gasteiger partial charge in [0.25, 0.3) is 0 Å². The number of rotatable bonds is 7. The van der Waals surface area contributed by atoms with Crippen LogP contribution in [0.4, 0.5) is 4.79 Å². The molecule has 0 aromatic carbocycles. The molecule has 1 aromatic heterocycles. The molecule has 144 valence electrons. The summed E-state index contributed by atoms with van der Waals surface area (Å²) >= 11 is 0. The highest BCUT2D eigenvalue weighted by molar-refractivity contribution is 5.71. The second-order valence-electron chi connectivity index (χ2n) is 7.14. The topological polar surface area (TPSA) is 84.2 Å². The van der Waals surface area contributed by atoms with Gasteiger partial charge in [0, 0.05) is 45.7 Å². The maximum absolute atomic E-state index is 12.2. The predicted octanol–water partition coefficient (Wildman–Crippen LogP) is 0.359. The SMILES string of the molecule is CCc1nc(CN2C[C@@H]3OC(=O)N(CCCN4CCOCC4)[C@@H]3C2)no1. The van der Waals surface area contributed by atoms with E-state index in [1.54, 1.807) is 0 Å². The summed E-state index contributed by atoms with van der Waals surface area (Å²) < 4.78 is 16.1. The number of likely N-dealkylation sites (tertiary alicyclic amines) is 1. The molecule has 0 N–H and O–H groups in total. The summed E-state index contributed by atoms with van der Waals surface area (Å²) in [4.78, 5) is 23.1. The number of carbonyl (C=O) groups excluding carboxylic acids is 1. The van der Waals surface area contributed by atoms with Crippen molar-refractivity contribution < 1.29 is 18.8 Å². The van der Waals surface area contributed by atoms with Crippen LogP contribution in [0.1, 0.15) is 25.1 Å². The van der Waals surface area contributed by atoms with Crippen LogP contribution in [0.2, 0.25) is 0 Å². The molecule has 9 nitrogen and oxygen atoms in total. The molecule has 1 aromatic rings. The van der Waals surface area contributed by atoms with Gasteiger partial charge in [-0.15, -0.1) is 0 Å². The quantitative estimate of drug-likeness (QED) is 0.685. The zero-order chi connectivity index (χ0) is 17.9. The lowest BCUT2D eigenvalue weighted by molar-refractivity contribution is 0.0362. The maximum atomic E-state index is 12.2. The van der Waals surface area contributed by atoms with Crippen molar-refractivity contribution in [2.45, 2.75) is 38.5 Å². The van der Waals surface area contributed by atoms with Crippen molar-refractivity contribution in [1.82, 2.24) is 24.8 Å². The molecule has 0 spiro atoms. The Bertz CT molecular complexity index is 618. The van der Waals surface area contributed by atoms with Gasteiger partial charge in [0.2, 0.25) is 5.89 Å². The van der Waals surface area contributed by atoms with Crippen LogP contribution >= 0.6 is 0 Å². The summed E-state index contributed by atoms with van der Waals surface area (Å²) in [6.45, 7) is 9.47. The fourth-order valence-corrected chi connectivity index (χ4v) is 3.95. The Morgan fingerprint density at radius 3 is 2.77 bits per heavy atom. The van der Waals surface area contributed by atoms with Crippen LogP contribution in [-0.2, 0) is 22.4 Å². The van der Waals surface area contributed by atoms with E-state index in [2.05, 4.69) is 19.9 Å². The van der Waals surface area contributed by atoms with Gasteiger partial charge in [0.15, 0.2) is 5.82 Å². The van der Waals surface area contributed by atoms with Crippen LogP contribution in [0.15, 0.2) is 4.52 Å². The van der Waals surface area contributed by atoms with Gasteiger partial charge in [-0.3, -0.25) is 9.80 Å².